The van der Waals surface area contributed by atoms with E-state index in [1.807, 2.05) is 0 Å². The number of aryl methyl sites for hydroxylation is 3. The van der Waals surface area contributed by atoms with Crippen LogP contribution in [0.5, 0.6) is 0 Å². The van der Waals surface area contributed by atoms with E-state index in [0.29, 0.717) is 0 Å². The molecule has 1 heterocycles. The molecule has 0 nitrogen and oxygen atoms in total. The third-order valence-corrected chi connectivity index (χ3v) is 22.9. The Kier molecular flexibility index (Phi) is 7.71. The normalized spacial score (nSPS) is 16.3. The monoisotopic (exact) mass is 644 g/mol. The summed E-state index contributed by atoms with van der Waals surface area (Å²) >= 11 is -3.95. The van der Waals surface area contributed by atoms with E-state index in [2.05, 4.69) is 107 Å². The van der Waals surface area contributed by atoms with Gasteiger partial charge in [0.15, 0.2) is 0 Å². The molecule has 1 atom stereocenters. The first kappa shape index (κ1) is 27.5. The Hall–Kier alpha value is -1.70. The van der Waals surface area contributed by atoms with Crippen LogP contribution in [0.25, 0.3) is 28.3 Å². The van der Waals surface area contributed by atoms with Crippen molar-refractivity contribution in [2.24, 2.45) is 0 Å². The van der Waals surface area contributed by atoms with Crippen molar-refractivity contribution in [1.29, 1.82) is 0 Å². The van der Waals surface area contributed by atoms with Gasteiger partial charge in [0, 0.05) is 0 Å². The molecule has 0 fully saturated rings. The summed E-state index contributed by atoms with van der Waals surface area (Å²) in [6, 6.07) is 27.4. The molecule has 6 rings (SSSR count). The number of fused-ring (bicyclic) bond motifs is 4. The van der Waals surface area contributed by atoms with Crippen molar-refractivity contribution < 1.29 is 17.9 Å². The molecule has 198 valence electrons. The van der Waals surface area contributed by atoms with E-state index < -0.39 is 27.4 Å². The van der Waals surface area contributed by atoms with Crippen molar-refractivity contribution in [3.8, 4) is 22.3 Å². The molecule has 0 saturated heterocycles. The number of benzene rings is 4. The first-order chi connectivity index (χ1) is 18.8. The van der Waals surface area contributed by atoms with Crippen LogP contribution in [0.1, 0.15) is 64.6 Å². The van der Waals surface area contributed by atoms with E-state index in [0.717, 1.165) is 25.7 Å². The van der Waals surface area contributed by atoms with E-state index >= 15 is 0 Å². The first-order valence-corrected chi connectivity index (χ1v) is 24.8. The second kappa shape index (κ2) is 10.9. The minimum absolute atomic E-state index is 0.141. The van der Waals surface area contributed by atoms with Crippen LogP contribution in [-0.2, 0) is 24.3 Å². The van der Waals surface area contributed by atoms with Gasteiger partial charge in [-0.3, -0.25) is 0 Å². The molecule has 0 spiro atoms. The molecule has 0 amide bonds. The summed E-state index contributed by atoms with van der Waals surface area (Å²) < 4.78 is 1.46. The minimum atomic E-state index is -3.95. The summed E-state index contributed by atoms with van der Waals surface area (Å²) in [5.41, 5.74) is 13.7. The molecular formula is C35H36Cl2SiZr. The van der Waals surface area contributed by atoms with Crippen LogP contribution in [-0.4, -0.2) is 9.52 Å². The topological polar surface area (TPSA) is 0 Å². The van der Waals surface area contributed by atoms with Gasteiger partial charge >= 0.3 is 250 Å². The summed E-state index contributed by atoms with van der Waals surface area (Å²) in [5, 5.41) is 3.02. The maximum absolute atomic E-state index is 7.86. The number of hydrogen-bond donors (Lipinski definition) is 0. The van der Waals surface area contributed by atoms with Crippen LogP contribution in [0.15, 0.2) is 78.4 Å². The van der Waals surface area contributed by atoms with E-state index in [4.69, 9.17) is 17.0 Å². The van der Waals surface area contributed by atoms with Crippen molar-refractivity contribution in [3.05, 3.63) is 106 Å². The molecule has 1 aliphatic carbocycles. The van der Waals surface area contributed by atoms with Crippen molar-refractivity contribution in [2.45, 2.75) is 57.0 Å². The summed E-state index contributed by atoms with van der Waals surface area (Å²) in [6.07, 6.45) is 6.82. The van der Waals surface area contributed by atoms with Gasteiger partial charge in [-0.15, -0.1) is 0 Å². The van der Waals surface area contributed by atoms with Crippen LogP contribution in [0.3, 0.4) is 0 Å². The molecule has 0 aromatic heterocycles. The molecule has 39 heavy (non-hydrogen) atoms. The molecule has 2 aliphatic rings. The van der Waals surface area contributed by atoms with Gasteiger partial charge in [-0.05, 0) is 0 Å². The molecule has 4 heteroatoms. The van der Waals surface area contributed by atoms with Crippen LogP contribution < -0.4 is 13.6 Å². The standard InChI is InChI=1S/C23H27.C12H9Si.2ClH.Zr/c1-5-7-18-14-20-10-9-19(8-6-2)23(22(20)15-18)21-12-16(3)11-17(4)13-21;1-3-7-11-9(5-1)10-6-2-4-8-12(10)13-11;;;/h9-15H,5-8H2,1-4H3;1-7H,13H2;2*1H;/q;;;;+2/p-2. The van der Waals surface area contributed by atoms with Gasteiger partial charge in [0.25, 0.3) is 0 Å². The van der Waals surface area contributed by atoms with Gasteiger partial charge in [-0.2, -0.15) is 0 Å². The summed E-state index contributed by atoms with van der Waals surface area (Å²) in [5.74, 6) is 0. The summed E-state index contributed by atoms with van der Waals surface area (Å²) in [4.78, 5) is 0. The van der Waals surface area contributed by atoms with Crippen molar-refractivity contribution in [3.63, 3.8) is 0 Å². The van der Waals surface area contributed by atoms with Crippen LogP contribution in [0.4, 0.5) is 0 Å². The van der Waals surface area contributed by atoms with Crippen LogP contribution in [0, 0.1) is 13.8 Å². The third-order valence-electron chi connectivity index (χ3n) is 8.52. The second-order valence-corrected chi connectivity index (χ2v) is 27.2. The fraction of sp³-hybridized carbons (Fsp3) is 0.257. The Morgan fingerprint density at radius 2 is 1.51 bits per heavy atom. The SMILES string of the molecule is CCCC1=Cc2c(ccc(CCC)c2-c2cc(C)cc(C)c2)[CH]1[Zr]([Cl])([Cl])[c]1cccc2c1[SiH2]c1ccccc1-2. The molecule has 4 aromatic rings. The quantitative estimate of drug-likeness (QED) is 0.157. The van der Waals surface area contributed by atoms with Crippen LogP contribution >= 0.6 is 17.0 Å². The van der Waals surface area contributed by atoms with Gasteiger partial charge in [0.05, 0.1) is 0 Å². The Labute approximate surface area is 247 Å². The van der Waals surface area contributed by atoms with E-state index in [-0.39, 0.29) is 3.63 Å². The average molecular weight is 647 g/mol. The fourth-order valence-electron chi connectivity index (χ4n) is 7.05. The maximum atomic E-state index is 7.86. The molecule has 1 aliphatic heterocycles. The molecule has 0 saturated carbocycles. The first-order valence-electron chi connectivity index (χ1n) is 14.4. The zero-order valence-electron chi connectivity index (χ0n) is 23.4. The Morgan fingerprint density at radius 3 is 2.26 bits per heavy atom. The number of rotatable bonds is 7. The zero-order chi connectivity index (χ0) is 27.3. The average Bonchev–Trinajstić information content (AvgIpc) is 3.46. The van der Waals surface area contributed by atoms with Gasteiger partial charge in [0.2, 0.25) is 0 Å². The summed E-state index contributed by atoms with van der Waals surface area (Å²) in [7, 11) is 15.1. The zero-order valence-corrected chi connectivity index (χ0v) is 28.8. The van der Waals surface area contributed by atoms with Gasteiger partial charge in [-0.1, -0.05) is 0 Å². The molecule has 1 unspecified atom stereocenters. The second-order valence-electron chi connectivity index (χ2n) is 11.4. The third kappa shape index (κ3) is 4.80. The molecular weight excluding hydrogens is 611 g/mol. The summed E-state index contributed by atoms with van der Waals surface area (Å²) in [6.45, 7) is 8.96. The number of hydrogen-bond acceptors (Lipinski definition) is 0. The predicted molar refractivity (Wildman–Crippen MR) is 172 cm³/mol. The molecule has 0 bridgehead atoms. The van der Waals surface area contributed by atoms with Crippen molar-refractivity contribution in [2.75, 3.05) is 0 Å². The number of allylic oxidation sites excluding steroid dienone is 1. The van der Waals surface area contributed by atoms with Gasteiger partial charge in [0.1, 0.15) is 0 Å². The van der Waals surface area contributed by atoms with Gasteiger partial charge < -0.3 is 0 Å². The van der Waals surface area contributed by atoms with E-state index in [1.165, 1.54) is 69.3 Å². The Bertz CT molecular complexity index is 1600. The predicted octanol–water partition coefficient (Wildman–Crippen LogP) is 8.05. The Morgan fingerprint density at radius 1 is 0.795 bits per heavy atom. The van der Waals surface area contributed by atoms with E-state index in [1.54, 1.807) is 0 Å². The van der Waals surface area contributed by atoms with Gasteiger partial charge in [-0.25, -0.2) is 0 Å². The van der Waals surface area contributed by atoms with Crippen molar-refractivity contribution in [1.82, 2.24) is 0 Å². The molecule has 0 N–H and O–H groups in total. The number of halogens is 2. The molecule has 4 aromatic carbocycles. The van der Waals surface area contributed by atoms with E-state index in [9.17, 15) is 0 Å². The Balaban J connectivity index is 1.54. The van der Waals surface area contributed by atoms with Crippen LogP contribution in [0.2, 0.25) is 0 Å². The van der Waals surface area contributed by atoms with Crippen molar-refractivity contribution >= 4 is 46.3 Å². The fourth-order valence-corrected chi connectivity index (χ4v) is 23.9. The molecule has 0 radical (unpaired) electrons.